The molecule has 2 atom stereocenters. The Morgan fingerprint density at radius 3 is 2.20 bits per heavy atom. The zero-order valence-corrected chi connectivity index (χ0v) is 10.1. The Bertz CT molecular complexity index is 266. The molecule has 0 aliphatic heterocycles. The minimum atomic E-state index is 0.289. The van der Waals surface area contributed by atoms with Gasteiger partial charge in [0.25, 0.3) is 0 Å². The van der Waals surface area contributed by atoms with Crippen LogP contribution in [0.5, 0.6) is 0 Å². The Kier molecular flexibility index (Phi) is 4.83. The molecular weight excluding hydrogens is 182 g/mol. The molecule has 0 spiro atoms. The molecule has 1 heteroatoms. The zero-order valence-electron chi connectivity index (χ0n) is 10.1. The quantitative estimate of drug-likeness (QED) is 0.781. The molecule has 0 aliphatic carbocycles. The lowest BCUT2D eigenvalue weighted by molar-refractivity contribution is 0.397. The van der Waals surface area contributed by atoms with E-state index >= 15 is 0 Å². The van der Waals surface area contributed by atoms with Crippen molar-refractivity contribution in [3.8, 4) is 0 Å². The van der Waals surface area contributed by atoms with Crippen LogP contribution >= 0.6 is 0 Å². The van der Waals surface area contributed by atoms with Gasteiger partial charge in [0, 0.05) is 12.0 Å². The molecule has 1 nitrogen and oxygen atoms in total. The predicted molar refractivity (Wildman–Crippen MR) is 66.9 cm³/mol. The van der Waals surface area contributed by atoms with E-state index in [1.54, 1.807) is 0 Å². The molecular formula is C14H23N. The lowest BCUT2D eigenvalue weighted by Crippen LogP contribution is -2.31. The lowest BCUT2D eigenvalue weighted by Gasteiger charge is -2.27. The summed E-state index contributed by atoms with van der Waals surface area (Å²) in [6.45, 7) is 6.71. The summed E-state index contributed by atoms with van der Waals surface area (Å²) in [5, 5.41) is 0. The van der Waals surface area contributed by atoms with Crippen LogP contribution in [0, 0.1) is 5.92 Å². The summed E-state index contributed by atoms with van der Waals surface area (Å²) >= 11 is 0. The maximum Gasteiger partial charge on any atom is 0.0110 e. The van der Waals surface area contributed by atoms with E-state index in [-0.39, 0.29) is 6.04 Å². The molecule has 1 aromatic carbocycles. The van der Waals surface area contributed by atoms with E-state index in [1.807, 2.05) is 0 Å². The van der Waals surface area contributed by atoms with Gasteiger partial charge in [-0.2, -0.15) is 0 Å². The van der Waals surface area contributed by atoms with Crippen molar-refractivity contribution in [1.29, 1.82) is 0 Å². The first kappa shape index (κ1) is 12.3. The molecule has 2 unspecified atom stereocenters. The maximum atomic E-state index is 6.26. The van der Waals surface area contributed by atoms with Gasteiger partial charge in [0.1, 0.15) is 0 Å². The molecule has 1 rings (SSSR count). The molecule has 84 valence electrons. The van der Waals surface area contributed by atoms with Crippen molar-refractivity contribution in [3.63, 3.8) is 0 Å². The fourth-order valence-corrected chi connectivity index (χ4v) is 2.31. The van der Waals surface area contributed by atoms with E-state index in [2.05, 4.69) is 51.1 Å². The van der Waals surface area contributed by atoms with Crippen LogP contribution in [0.4, 0.5) is 0 Å². The van der Waals surface area contributed by atoms with Crippen molar-refractivity contribution < 1.29 is 0 Å². The average Bonchev–Trinajstić information content (AvgIpc) is 2.19. The van der Waals surface area contributed by atoms with Gasteiger partial charge in [-0.1, -0.05) is 57.5 Å². The van der Waals surface area contributed by atoms with E-state index < -0.39 is 0 Å². The van der Waals surface area contributed by atoms with Crippen molar-refractivity contribution in [2.45, 2.75) is 45.6 Å². The Morgan fingerprint density at radius 1 is 1.13 bits per heavy atom. The van der Waals surface area contributed by atoms with Gasteiger partial charge >= 0.3 is 0 Å². The lowest BCUT2D eigenvalue weighted by atomic mass is 9.81. The molecule has 0 amide bonds. The van der Waals surface area contributed by atoms with Crippen LogP contribution in [0.1, 0.15) is 45.1 Å². The Morgan fingerprint density at radius 2 is 1.73 bits per heavy atom. The highest BCUT2D eigenvalue weighted by molar-refractivity contribution is 5.21. The molecule has 0 saturated heterocycles. The largest absolute Gasteiger partial charge is 0.327 e. The summed E-state index contributed by atoms with van der Waals surface area (Å²) < 4.78 is 0. The number of hydrogen-bond acceptors (Lipinski definition) is 1. The minimum absolute atomic E-state index is 0.289. The van der Waals surface area contributed by atoms with Crippen LogP contribution in [-0.2, 0) is 0 Å². The van der Waals surface area contributed by atoms with Crippen molar-refractivity contribution >= 4 is 0 Å². The van der Waals surface area contributed by atoms with Gasteiger partial charge in [0.15, 0.2) is 0 Å². The predicted octanol–water partition coefficient (Wildman–Crippen LogP) is 3.55. The van der Waals surface area contributed by atoms with E-state index in [0.717, 1.165) is 12.8 Å². The second-order valence-corrected chi connectivity index (χ2v) is 4.63. The van der Waals surface area contributed by atoms with Gasteiger partial charge < -0.3 is 5.73 Å². The van der Waals surface area contributed by atoms with Crippen LogP contribution in [0.2, 0.25) is 0 Å². The van der Waals surface area contributed by atoms with Gasteiger partial charge in [-0.05, 0) is 17.9 Å². The van der Waals surface area contributed by atoms with Gasteiger partial charge in [-0.3, -0.25) is 0 Å². The van der Waals surface area contributed by atoms with Crippen LogP contribution in [0.15, 0.2) is 30.3 Å². The highest BCUT2D eigenvalue weighted by Crippen LogP contribution is 2.28. The van der Waals surface area contributed by atoms with Crippen LogP contribution in [0.25, 0.3) is 0 Å². The SMILES string of the molecule is CCCC(N)C(c1ccccc1)C(C)C. The van der Waals surface area contributed by atoms with Crippen LogP contribution in [0.3, 0.4) is 0 Å². The molecule has 0 aliphatic rings. The topological polar surface area (TPSA) is 26.0 Å². The highest BCUT2D eigenvalue weighted by Gasteiger charge is 2.22. The smallest absolute Gasteiger partial charge is 0.0110 e. The van der Waals surface area contributed by atoms with Crippen LogP contribution in [-0.4, -0.2) is 6.04 Å². The van der Waals surface area contributed by atoms with E-state index in [9.17, 15) is 0 Å². The van der Waals surface area contributed by atoms with Gasteiger partial charge in [0.05, 0.1) is 0 Å². The zero-order chi connectivity index (χ0) is 11.3. The standard InChI is InChI=1S/C14H23N/c1-4-8-13(15)14(11(2)3)12-9-6-5-7-10-12/h5-7,9-11,13-14H,4,8,15H2,1-3H3. The Labute approximate surface area is 93.7 Å². The molecule has 15 heavy (non-hydrogen) atoms. The van der Waals surface area contributed by atoms with Crippen molar-refractivity contribution in [2.75, 3.05) is 0 Å². The number of benzene rings is 1. The summed E-state index contributed by atoms with van der Waals surface area (Å²) in [5.41, 5.74) is 7.64. The first-order chi connectivity index (χ1) is 7.16. The van der Waals surface area contributed by atoms with Crippen molar-refractivity contribution in [2.24, 2.45) is 11.7 Å². The van der Waals surface area contributed by atoms with E-state index in [4.69, 9.17) is 5.73 Å². The third kappa shape index (κ3) is 3.35. The maximum absolute atomic E-state index is 6.26. The van der Waals surface area contributed by atoms with Crippen molar-refractivity contribution in [3.05, 3.63) is 35.9 Å². The monoisotopic (exact) mass is 205 g/mol. The summed E-state index contributed by atoms with van der Waals surface area (Å²) in [4.78, 5) is 0. The second kappa shape index (κ2) is 5.92. The van der Waals surface area contributed by atoms with E-state index in [0.29, 0.717) is 11.8 Å². The second-order valence-electron chi connectivity index (χ2n) is 4.63. The third-order valence-electron chi connectivity index (χ3n) is 2.99. The number of hydrogen-bond donors (Lipinski definition) is 1. The summed E-state index contributed by atoms with van der Waals surface area (Å²) in [6, 6.07) is 10.9. The van der Waals surface area contributed by atoms with Gasteiger partial charge in [-0.15, -0.1) is 0 Å². The molecule has 0 saturated carbocycles. The fraction of sp³-hybridized carbons (Fsp3) is 0.571. The molecule has 1 aromatic rings. The summed E-state index contributed by atoms with van der Waals surface area (Å²) in [6.07, 6.45) is 2.27. The summed E-state index contributed by atoms with van der Waals surface area (Å²) in [5.74, 6) is 1.10. The molecule has 0 fully saturated rings. The van der Waals surface area contributed by atoms with Crippen molar-refractivity contribution in [1.82, 2.24) is 0 Å². The van der Waals surface area contributed by atoms with Crippen LogP contribution < -0.4 is 5.73 Å². The third-order valence-corrected chi connectivity index (χ3v) is 2.99. The summed E-state index contributed by atoms with van der Waals surface area (Å²) in [7, 11) is 0. The highest BCUT2D eigenvalue weighted by atomic mass is 14.7. The molecule has 2 N–H and O–H groups in total. The fourth-order valence-electron chi connectivity index (χ4n) is 2.31. The van der Waals surface area contributed by atoms with E-state index in [1.165, 1.54) is 5.56 Å². The Balaban J connectivity index is 2.83. The minimum Gasteiger partial charge on any atom is -0.327 e. The van der Waals surface area contributed by atoms with Gasteiger partial charge in [0.2, 0.25) is 0 Å². The Hall–Kier alpha value is -0.820. The molecule has 0 radical (unpaired) electrons. The number of rotatable bonds is 5. The average molecular weight is 205 g/mol. The molecule has 0 aromatic heterocycles. The first-order valence-electron chi connectivity index (χ1n) is 5.97. The van der Waals surface area contributed by atoms with Gasteiger partial charge in [-0.25, -0.2) is 0 Å². The molecule has 0 heterocycles. The normalized spacial score (nSPS) is 15.3. The molecule has 0 bridgehead atoms. The number of nitrogens with two attached hydrogens (primary N) is 1. The first-order valence-corrected chi connectivity index (χ1v) is 5.97.